The summed E-state index contributed by atoms with van der Waals surface area (Å²) in [4.78, 5) is 25.9. The lowest BCUT2D eigenvalue weighted by molar-refractivity contribution is -0.118. The van der Waals surface area contributed by atoms with Crippen LogP contribution in [-0.4, -0.2) is 25.4 Å². The minimum atomic E-state index is 0.00664. The molecule has 0 spiro atoms. The molecule has 1 aliphatic carbocycles. The van der Waals surface area contributed by atoms with Crippen LogP contribution < -0.4 is 10.2 Å². The zero-order valence-corrected chi connectivity index (χ0v) is 16.9. The third-order valence-corrected chi connectivity index (χ3v) is 5.69. The second-order valence-electron chi connectivity index (χ2n) is 7.64. The average Bonchev–Trinajstić information content (AvgIpc) is 2.77. The number of benzene rings is 2. The Bertz CT molecular complexity index is 790. The normalized spacial score (nSPS) is 14.5. The highest BCUT2D eigenvalue weighted by Gasteiger charge is 2.15. The topological polar surface area (TPSA) is 49.4 Å². The summed E-state index contributed by atoms with van der Waals surface area (Å²) in [5, 5.41) is 3.09. The molecule has 1 fully saturated rings. The van der Waals surface area contributed by atoms with Crippen molar-refractivity contribution in [2.24, 2.45) is 5.92 Å². The molecule has 0 saturated heterocycles. The highest BCUT2D eigenvalue weighted by Crippen LogP contribution is 2.24. The summed E-state index contributed by atoms with van der Waals surface area (Å²) in [6.07, 6.45) is 6.86. The predicted molar refractivity (Wildman–Crippen MR) is 114 cm³/mol. The number of anilines is 1. The largest absolute Gasteiger partial charge is 0.352 e. The Kier molecular flexibility index (Phi) is 6.85. The number of carbonyl (C=O) groups is 2. The zero-order valence-electron chi connectivity index (χ0n) is 16.9. The fourth-order valence-corrected chi connectivity index (χ4v) is 3.80. The first-order chi connectivity index (χ1) is 13.6. The molecule has 2 aromatic rings. The van der Waals surface area contributed by atoms with E-state index in [4.69, 9.17) is 0 Å². The fourth-order valence-electron chi connectivity index (χ4n) is 3.80. The van der Waals surface area contributed by atoms with Crippen molar-refractivity contribution in [3.8, 4) is 11.1 Å². The zero-order chi connectivity index (χ0) is 19.9. The van der Waals surface area contributed by atoms with E-state index in [0.717, 1.165) is 23.4 Å². The van der Waals surface area contributed by atoms with E-state index in [-0.39, 0.29) is 11.8 Å². The lowest BCUT2D eigenvalue weighted by atomic mass is 9.89. The first-order valence-electron chi connectivity index (χ1n) is 10.3. The smallest absolute Gasteiger partial charge is 0.251 e. The van der Waals surface area contributed by atoms with Crippen molar-refractivity contribution >= 4 is 17.5 Å². The molecule has 0 radical (unpaired) electrons. The summed E-state index contributed by atoms with van der Waals surface area (Å²) >= 11 is 0. The van der Waals surface area contributed by atoms with E-state index in [0.29, 0.717) is 17.9 Å². The maximum Gasteiger partial charge on any atom is 0.251 e. The van der Waals surface area contributed by atoms with Crippen LogP contribution in [0.4, 0.5) is 5.69 Å². The van der Waals surface area contributed by atoms with Crippen LogP contribution in [0.2, 0.25) is 0 Å². The van der Waals surface area contributed by atoms with Gasteiger partial charge in [-0.25, -0.2) is 0 Å². The van der Waals surface area contributed by atoms with Gasteiger partial charge in [0.05, 0.1) is 0 Å². The molecule has 2 amide bonds. The highest BCUT2D eigenvalue weighted by atomic mass is 16.2. The van der Waals surface area contributed by atoms with E-state index >= 15 is 0 Å². The van der Waals surface area contributed by atoms with E-state index in [9.17, 15) is 9.59 Å². The van der Waals surface area contributed by atoms with Crippen molar-refractivity contribution in [1.29, 1.82) is 0 Å². The molecule has 0 bridgehead atoms. The molecule has 0 aliphatic heterocycles. The predicted octanol–water partition coefficient (Wildman–Crippen LogP) is 5.04. The third-order valence-electron chi connectivity index (χ3n) is 5.69. The molecule has 0 heterocycles. The van der Waals surface area contributed by atoms with Crippen LogP contribution in [-0.2, 0) is 4.79 Å². The van der Waals surface area contributed by atoms with Crippen molar-refractivity contribution in [3.63, 3.8) is 0 Å². The summed E-state index contributed by atoms with van der Waals surface area (Å²) < 4.78 is 0. The maximum atomic E-state index is 12.4. The van der Waals surface area contributed by atoms with Gasteiger partial charge in [-0.2, -0.15) is 0 Å². The van der Waals surface area contributed by atoms with Crippen molar-refractivity contribution in [2.75, 3.05) is 18.5 Å². The van der Waals surface area contributed by atoms with Crippen LogP contribution >= 0.6 is 0 Å². The standard InChI is InChI=1S/C24H30N2O2/c1-3-23(27)26(2)22-15-13-20(14-16-22)19-9-11-21(12-10-19)24(28)25-17-18-7-5-4-6-8-18/h9-16,18H,3-8,17H2,1-2H3,(H,25,28). The Morgan fingerprint density at radius 3 is 2.07 bits per heavy atom. The number of carbonyl (C=O) groups excluding carboxylic acids is 2. The number of hydrogen-bond acceptors (Lipinski definition) is 2. The summed E-state index contributed by atoms with van der Waals surface area (Å²) in [7, 11) is 1.79. The molecule has 1 aliphatic rings. The summed E-state index contributed by atoms with van der Waals surface area (Å²) in [6.45, 7) is 2.64. The molecular formula is C24H30N2O2. The molecule has 28 heavy (non-hydrogen) atoms. The number of nitrogens with zero attached hydrogens (tertiary/aromatic N) is 1. The minimum absolute atomic E-state index is 0.00664. The van der Waals surface area contributed by atoms with Crippen molar-refractivity contribution in [3.05, 3.63) is 54.1 Å². The van der Waals surface area contributed by atoms with Gasteiger partial charge >= 0.3 is 0 Å². The molecule has 1 saturated carbocycles. The second-order valence-corrected chi connectivity index (χ2v) is 7.64. The number of hydrogen-bond donors (Lipinski definition) is 1. The van der Waals surface area contributed by atoms with Gasteiger partial charge in [0.25, 0.3) is 5.91 Å². The molecule has 4 nitrogen and oxygen atoms in total. The van der Waals surface area contributed by atoms with Crippen molar-refractivity contribution < 1.29 is 9.59 Å². The van der Waals surface area contributed by atoms with Gasteiger partial charge in [-0.3, -0.25) is 9.59 Å². The maximum absolute atomic E-state index is 12.4. The summed E-state index contributed by atoms with van der Waals surface area (Å²) in [5.41, 5.74) is 3.70. The quantitative estimate of drug-likeness (QED) is 0.766. The molecular weight excluding hydrogens is 348 g/mol. The highest BCUT2D eigenvalue weighted by molar-refractivity contribution is 5.95. The van der Waals surface area contributed by atoms with E-state index < -0.39 is 0 Å². The van der Waals surface area contributed by atoms with E-state index in [1.165, 1.54) is 32.1 Å². The van der Waals surface area contributed by atoms with E-state index in [1.807, 2.05) is 55.5 Å². The van der Waals surface area contributed by atoms with Crippen LogP contribution in [0.3, 0.4) is 0 Å². The van der Waals surface area contributed by atoms with Crippen LogP contribution in [0.5, 0.6) is 0 Å². The third kappa shape index (κ3) is 5.00. The monoisotopic (exact) mass is 378 g/mol. The molecule has 0 aromatic heterocycles. The van der Waals surface area contributed by atoms with E-state index in [1.54, 1.807) is 11.9 Å². The van der Waals surface area contributed by atoms with Gasteiger partial charge in [0.2, 0.25) is 5.91 Å². The Labute approximate surface area is 167 Å². The van der Waals surface area contributed by atoms with Gasteiger partial charge in [-0.15, -0.1) is 0 Å². The number of amides is 2. The van der Waals surface area contributed by atoms with Gasteiger partial charge < -0.3 is 10.2 Å². The van der Waals surface area contributed by atoms with Gasteiger partial charge in [-0.05, 0) is 54.2 Å². The summed E-state index contributed by atoms with van der Waals surface area (Å²) in [5.74, 6) is 0.733. The number of rotatable bonds is 6. The van der Waals surface area contributed by atoms with Crippen molar-refractivity contribution in [2.45, 2.75) is 45.4 Å². The second kappa shape index (κ2) is 9.54. The molecule has 3 rings (SSSR count). The lowest BCUT2D eigenvalue weighted by Gasteiger charge is -2.21. The first kappa shape index (κ1) is 20.1. The average molecular weight is 379 g/mol. The van der Waals surface area contributed by atoms with Gasteiger partial charge in [0.1, 0.15) is 0 Å². The van der Waals surface area contributed by atoms with Crippen molar-refractivity contribution in [1.82, 2.24) is 5.32 Å². The molecule has 1 N–H and O–H groups in total. The van der Waals surface area contributed by atoms with Crippen LogP contribution in [0.1, 0.15) is 55.8 Å². The Balaban J connectivity index is 1.60. The van der Waals surface area contributed by atoms with Crippen LogP contribution in [0, 0.1) is 5.92 Å². The fraction of sp³-hybridized carbons (Fsp3) is 0.417. The molecule has 4 heteroatoms. The molecule has 148 valence electrons. The van der Waals surface area contributed by atoms with Gasteiger partial charge in [0, 0.05) is 31.3 Å². The number of nitrogens with one attached hydrogen (secondary N) is 1. The van der Waals surface area contributed by atoms with E-state index in [2.05, 4.69) is 5.32 Å². The first-order valence-corrected chi connectivity index (χ1v) is 10.3. The SMILES string of the molecule is CCC(=O)N(C)c1ccc(-c2ccc(C(=O)NCC3CCCCC3)cc2)cc1. The summed E-state index contributed by atoms with van der Waals surface area (Å²) in [6, 6.07) is 15.6. The molecule has 0 atom stereocenters. The lowest BCUT2D eigenvalue weighted by Crippen LogP contribution is -2.30. The molecule has 0 unspecified atom stereocenters. The molecule has 2 aromatic carbocycles. The Morgan fingerprint density at radius 1 is 0.929 bits per heavy atom. The Morgan fingerprint density at radius 2 is 1.50 bits per heavy atom. The van der Waals surface area contributed by atoms with Crippen LogP contribution in [0.25, 0.3) is 11.1 Å². The minimum Gasteiger partial charge on any atom is -0.352 e. The van der Waals surface area contributed by atoms with Gasteiger partial charge in [0.15, 0.2) is 0 Å². The van der Waals surface area contributed by atoms with Gasteiger partial charge in [-0.1, -0.05) is 50.5 Å². The Hall–Kier alpha value is -2.62. The van der Waals surface area contributed by atoms with Crippen LogP contribution in [0.15, 0.2) is 48.5 Å².